The Balaban J connectivity index is 1.96. The van der Waals surface area contributed by atoms with Gasteiger partial charge >= 0.3 is 6.03 Å². The molecule has 0 bridgehead atoms. The van der Waals surface area contributed by atoms with Gasteiger partial charge in [-0.25, -0.2) is 4.79 Å². The summed E-state index contributed by atoms with van der Waals surface area (Å²) in [6, 6.07) is 7.58. The first-order valence-electron chi connectivity index (χ1n) is 7.47. The minimum absolute atomic E-state index is 0.00108. The van der Waals surface area contributed by atoms with Gasteiger partial charge in [0.2, 0.25) is 0 Å². The van der Waals surface area contributed by atoms with Crippen molar-refractivity contribution in [2.24, 2.45) is 0 Å². The molecular weight excluding hydrogens is 266 g/mol. The smallest absolute Gasteiger partial charge is 0.319 e. The summed E-state index contributed by atoms with van der Waals surface area (Å²) < 4.78 is 0. The van der Waals surface area contributed by atoms with Crippen molar-refractivity contribution in [1.82, 2.24) is 10.2 Å². The van der Waals surface area contributed by atoms with E-state index in [1.165, 1.54) is 0 Å². The fourth-order valence-corrected chi connectivity index (χ4v) is 2.89. The number of hydrogen-bond donors (Lipinski definition) is 3. The van der Waals surface area contributed by atoms with E-state index in [1.54, 1.807) is 0 Å². The molecule has 1 aliphatic carbocycles. The first-order valence-corrected chi connectivity index (χ1v) is 7.47. The van der Waals surface area contributed by atoms with E-state index in [4.69, 9.17) is 0 Å². The van der Waals surface area contributed by atoms with Crippen molar-refractivity contribution in [1.29, 1.82) is 0 Å². The van der Waals surface area contributed by atoms with E-state index in [1.807, 2.05) is 38.4 Å². The molecule has 1 aromatic rings. The van der Waals surface area contributed by atoms with Crippen molar-refractivity contribution in [2.45, 2.75) is 37.8 Å². The number of hydrogen-bond acceptors (Lipinski definition) is 3. The number of urea groups is 1. The van der Waals surface area contributed by atoms with Crippen LogP contribution in [0.15, 0.2) is 24.3 Å². The van der Waals surface area contributed by atoms with E-state index in [2.05, 4.69) is 15.5 Å². The maximum atomic E-state index is 12.1. The van der Waals surface area contributed by atoms with Gasteiger partial charge in [-0.2, -0.15) is 0 Å². The monoisotopic (exact) mass is 291 g/mol. The minimum Gasteiger partial charge on any atom is -0.394 e. The number of rotatable bonds is 5. The van der Waals surface area contributed by atoms with Crippen LogP contribution in [0, 0.1) is 0 Å². The lowest BCUT2D eigenvalue weighted by molar-refractivity contribution is 0.167. The summed E-state index contributed by atoms with van der Waals surface area (Å²) in [7, 11) is 4.02. The lowest BCUT2D eigenvalue weighted by Gasteiger charge is -2.28. The zero-order chi connectivity index (χ0) is 15.3. The topological polar surface area (TPSA) is 64.6 Å². The second-order valence-corrected chi connectivity index (χ2v) is 6.16. The van der Waals surface area contributed by atoms with Crippen molar-refractivity contribution >= 4 is 11.7 Å². The summed E-state index contributed by atoms with van der Waals surface area (Å²) in [6.07, 6.45) is 3.80. The molecule has 0 spiro atoms. The number of aliphatic hydroxyl groups is 1. The van der Waals surface area contributed by atoms with Gasteiger partial charge < -0.3 is 20.6 Å². The highest BCUT2D eigenvalue weighted by molar-refractivity contribution is 5.89. The van der Waals surface area contributed by atoms with E-state index in [0.29, 0.717) is 0 Å². The molecule has 1 aromatic carbocycles. The van der Waals surface area contributed by atoms with Crippen LogP contribution in [-0.4, -0.2) is 42.3 Å². The van der Waals surface area contributed by atoms with Crippen LogP contribution < -0.4 is 10.6 Å². The summed E-state index contributed by atoms with van der Waals surface area (Å²) in [6.45, 7) is 0.832. The quantitative estimate of drug-likeness (QED) is 0.779. The van der Waals surface area contributed by atoms with Crippen LogP contribution in [-0.2, 0) is 6.54 Å². The zero-order valence-corrected chi connectivity index (χ0v) is 12.9. The predicted octanol–water partition coefficient (Wildman–Crippen LogP) is 2.17. The van der Waals surface area contributed by atoms with Gasteiger partial charge in [0, 0.05) is 12.2 Å². The number of amides is 2. The Labute approximate surface area is 126 Å². The molecule has 0 atom stereocenters. The molecule has 3 N–H and O–H groups in total. The average molecular weight is 291 g/mol. The van der Waals surface area contributed by atoms with Gasteiger partial charge in [-0.1, -0.05) is 25.0 Å². The predicted molar refractivity (Wildman–Crippen MR) is 84.3 cm³/mol. The minimum atomic E-state index is -0.439. The molecule has 21 heavy (non-hydrogen) atoms. The summed E-state index contributed by atoms with van der Waals surface area (Å²) >= 11 is 0. The molecule has 2 amide bonds. The summed E-state index contributed by atoms with van der Waals surface area (Å²) in [5.41, 5.74) is 1.49. The van der Waals surface area contributed by atoms with Crippen LogP contribution in [0.1, 0.15) is 31.2 Å². The molecule has 5 nitrogen and oxygen atoms in total. The lowest BCUT2D eigenvalue weighted by atomic mass is 9.99. The number of benzene rings is 1. The molecule has 116 valence electrons. The summed E-state index contributed by atoms with van der Waals surface area (Å²) in [5, 5.41) is 15.3. The van der Waals surface area contributed by atoms with Crippen molar-refractivity contribution in [3.63, 3.8) is 0 Å². The Kier molecular flexibility index (Phi) is 5.20. The van der Waals surface area contributed by atoms with Crippen LogP contribution in [0.25, 0.3) is 0 Å². The molecule has 1 aliphatic rings. The standard InChI is InChI=1S/C16H25N3O2/c1-19(2)11-13-6-5-7-14(10-13)17-15(21)18-16(12-20)8-3-4-9-16/h5-7,10,20H,3-4,8-9,11-12H2,1-2H3,(H2,17,18,21). The maximum absolute atomic E-state index is 12.1. The highest BCUT2D eigenvalue weighted by Crippen LogP contribution is 2.29. The van der Waals surface area contributed by atoms with Gasteiger partial charge in [-0.3, -0.25) is 0 Å². The van der Waals surface area contributed by atoms with Gasteiger partial charge in [0.15, 0.2) is 0 Å². The van der Waals surface area contributed by atoms with Gasteiger partial charge in [0.1, 0.15) is 0 Å². The van der Waals surface area contributed by atoms with Crippen LogP contribution in [0.4, 0.5) is 10.5 Å². The Bertz CT molecular complexity index is 482. The van der Waals surface area contributed by atoms with E-state index in [-0.39, 0.29) is 12.6 Å². The van der Waals surface area contributed by atoms with Crippen molar-refractivity contribution in [2.75, 3.05) is 26.0 Å². The molecule has 0 unspecified atom stereocenters. The fourth-order valence-electron chi connectivity index (χ4n) is 2.89. The van der Waals surface area contributed by atoms with Crippen LogP contribution >= 0.6 is 0 Å². The second kappa shape index (κ2) is 6.91. The van der Waals surface area contributed by atoms with E-state index in [0.717, 1.165) is 43.5 Å². The molecule has 5 heteroatoms. The third kappa shape index (κ3) is 4.44. The first kappa shape index (κ1) is 15.8. The number of nitrogens with one attached hydrogen (secondary N) is 2. The van der Waals surface area contributed by atoms with Crippen LogP contribution in [0.3, 0.4) is 0 Å². The highest BCUT2D eigenvalue weighted by atomic mass is 16.3. The molecule has 1 saturated carbocycles. The molecular formula is C16H25N3O2. The molecule has 0 heterocycles. The lowest BCUT2D eigenvalue weighted by Crippen LogP contribution is -2.50. The Hall–Kier alpha value is -1.59. The molecule has 2 rings (SSSR count). The first-order chi connectivity index (χ1) is 10.0. The number of nitrogens with zero attached hydrogens (tertiary/aromatic N) is 1. The highest BCUT2D eigenvalue weighted by Gasteiger charge is 2.34. The molecule has 0 radical (unpaired) electrons. The number of carbonyl (C=O) groups excluding carboxylic acids is 1. The number of anilines is 1. The third-order valence-electron chi connectivity index (χ3n) is 3.93. The van der Waals surface area contributed by atoms with Crippen LogP contribution in [0.5, 0.6) is 0 Å². The Morgan fingerprint density at radius 2 is 2.05 bits per heavy atom. The summed E-state index contributed by atoms with van der Waals surface area (Å²) in [4.78, 5) is 14.2. The normalized spacial score (nSPS) is 17.0. The van der Waals surface area contributed by atoms with Crippen molar-refractivity contribution in [3.8, 4) is 0 Å². The SMILES string of the molecule is CN(C)Cc1cccc(NC(=O)NC2(CO)CCCC2)c1. The van der Waals surface area contributed by atoms with Gasteiger partial charge in [0.25, 0.3) is 0 Å². The number of carbonyl (C=O) groups is 1. The third-order valence-corrected chi connectivity index (χ3v) is 3.93. The Morgan fingerprint density at radius 3 is 2.67 bits per heavy atom. The Morgan fingerprint density at radius 1 is 1.33 bits per heavy atom. The van der Waals surface area contributed by atoms with E-state index < -0.39 is 5.54 Å². The van der Waals surface area contributed by atoms with Crippen molar-refractivity contribution in [3.05, 3.63) is 29.8 Å². The van der Waals surface area contributed by atoms with Gasteiger partial charge in [-0.05, 0) is 44.6 Å². The zero-order valence-electron chi connectivity index (χ0n) is 12.9. The fraction of sp³-hybridized carbons (Fsp3) is 0.562. The van der Waals surface area contributed by atoms with Crippen LogP contribution in [0.2, 0.25) is 0 Å². The second-order valence-electron chi connectivity index (χ2n) is 6.16. The molecule has 0 saturated heterocycles. The van der Waals surface area contributed by atoms with Gasteiger partial charge in [-0.15, -0.1) is 0 Å². The molecule has 1 fully saturated rings. The number of aliphatic hydroxyl groups excluding tert-OH is 1. The molecule has 0 aromatic heterocycles. The van der Waals surface area contributed by atoms with Gasteiger partial charge in [0.05, 0.1) is 12.1 Å². The average Bonchev–Trinajstić information content (AvgIpc) is 2.87. The summed E-state index contributed by atoms with van der Waals surface area (Å²) in [5.74, 6) is 0. The maximum Gasteiger partial charge on any atom is 0.319 e. The van der Waals surface area contributed by atoms with E-state index in [9.17, 15) is 9.90 Å². The van der Waals surface area contributed by atoms with Crippen molar-refractivity contribution < 1.29 is 9.90 Å². The largest absolute Gasteiger partial charge is 0.394 e. The molecule has 0 aliphatic heterocycles. The van der Waals surface area contributed by atoms with E-state index >= 15 is 0 Å².